The third kappa shape index (κ3) is 5.49. The summed E-state index contributed by atoms with van der Waals surface area (Å²) in [4.78, 5) is 14.1. The second-order valence-corrected chi connectivity index (χ2v) is 5.22. The van der Waals surface area contributed by atoms with E-state index in [4.69, 9.17) is 5.73 Å². The number of rotatable bonds is 5. The van der Waals surface area contributed by atoms with E-state index in [1.165, 1.54) is 0 Å². The Morgan fingerprint density at radius 1 is 1.25 bits per heavy atom. The Hall–Kier alpha value is -1.10. The highest BCUT2D eigenvalue weighted by Crippen LogP contribution is 2.15. The summed E-state index contributed by atoms with van der Waals surface area (Å²) in [5.41, 5.74) is 6.80. The van der Waals surface area contributed by atoms with Crippen molar-refractivity contribution in [3.8, 4) is 0 Å². The molecule has 1 aliphatic heterocycles. The first-order valence-electron chi connectivity index (χ1n) is 7.01. The predicted molar refractivity (Wildman–Crippen MR) is 83.8 cm³/mol. The lowest BCUT2D eigenvalue weighted by Gasteiger charge is -2.30. The van der Waals surface area contributed by atoms with E-state index < -0.39 is 0 Å². The summed E-state index contributed by atoms with van der Waals surface area (Å²) >= 11 is 0. The first-order valence-corrected chi connectivity index (χ1v) is 7.01. The molecule has 0 atom stereocenters. The van der Waals surface area contributed by atoms with Crippen LogP contribution >= 0.6 is 12.4 Å². The van der Waals surface area contributed by atoms with Gasteiger partial charge in [0, 0.05) is 6.54 Å². The number of amides is 1. The van der Waals surface area contributed by atoms with Crippen LogP contribution in [0.3, 0.4) is 0 Å². The van der Waals surface area contributed by atoms with Crippen molar-refractivity contribution in [1.82, 2.24) is 10.2 Å². The van der Waals surface area contributed by atoms with Crippen LogP contribution in [0.5, 0.6) is 0 Å². The molecule has 0 saturated carbocycles. The van der Waals surface area contributed by atoms with Gasteiger partial charge in [0.25, 0.3) is 0 Å². The third-order valence-electron chi connectivity index (χ3n) is 3.74. The summed E-state index contributed by atoms with van der Waals surface area (Å²) in [5.74, 6) is 0.749. The lowest BCUT2D eigenvalue weighted by atomic mass is 9.97. The molecule has 1 saturated heterocycles. The summed E-state index contributed by atoms with van der Waals surface area (Å²) in [6.45, 7) is 3.86. The van der Waals surface area contributed by atoms with E-state index in [1.54, 1.807) is 0 Å². The summed E-state index contributed by atoms with van der Waals surface area (Å²) < 4.78 is 0. The van der Waals surface area contributed by atoms with Gasteiger partial charge in [0.05, 0.1) is 6.54 Å². The van der Waals surface area contributed by atoms with Gasteiger partial charge in [0.2, 0.25) is 5.91 Å². The molecule has 0 bridgehead atoms. The first kappa shape index (κ1) is 17.0. The minimum Gasteiger partial charge on any atom is -0.351 e. The fraction of sp³-hybridized carbons (Fsp3) is 0.533. The fourth-order valence-corrected chi connectivity index (χ4v) is 2.44. The molecule has 0 unspecified atom stereocenters. The Labute approximate surface area is 127 Å². The van der Waals surface area contributed by atoms with E-state index in [-0.39, 0.29) is 18.3 Å². The molecule has 2 rings (SSSR count). The predicted octanol–water partition coefficient (Wildman–Crippen LogP) is 1.40. The van der Waals surface area contributed by atoms with E-state index in [9.17, 15) is 4.79 Å². The van der Waals surface area contributed by atoms with Gasteiger partial charge in [-0.25, -0.2) is 0 Å². The average molecular weight is 298 g/mol. The van der Waals surface area contributed by atoms with Crippen molar-refractivity contribution in [2.24, 2.45) is 11.7 Å². The van der Waals surface area contributed by atoms with Gasteiger partial charge in [0.15, 0.2) is 0 Å². The van der Waals surface area contributed by atoms with Gasteiger partial charge in [0.1, 0.15) is 0 Å². The monoisotopic (exact) mass is 297 g/mol. The van der Waals surface area contributed by atoms with Crippen LogP contribution in [0.1, 0.15) is 18.4 Å². The van der Waals surface area contributed by atoms with Gasteiger partial charge in [-0.3, -0.25) is 9.69 Å². The topological polar surface area (TPSA) is 58.4 Å². The molecule has 0 aliphatic carbocycles. The molecule has 1 heterocycles. The number of hydrogen-bond acceptors (Lipinski definition) is 3. The van der Waals surface area contributed by atoms with Gasteiger partial charge in [-0.2, -0.15) is 0 Å². The summed E-state index contributed by atoms with van der Waals surface area (Å²) in [7, 11) is 0. The molecule has 5 heteroatoms. The average Bonchev–Trinajstić information content (AvgIpc) is 2.47. The summed E-state index contributed by atoms with van der Waals surface area (Å²) in [6.07, 6.45) is 2.23. The van der Waals surface area contributed by atoms with Gasteiger partial charge in [-0.15, -0.1) is 12.4 Å². The zero-order valence-corrected chi connectivity index (χ0v) is 12.6. The maximum Gasteiger partial charge on any atom is 0.234 e. The van der Waals surface area contributed by atoms with E-state index >= 15 is 0 Å². The first-order chi connectivity index (χ1) is 9.28. The van der Waals surface area contributed by atoms with Gasteiger partial charge in [-0.1, -0.05) is 30.3 Å². The number of piperidine rings is 1. The molecule has 1 aromatic rings. The van der Waals surface area contributed by atoms with Crippen molar-refractivity contribution in [1.29, 1.82) is 0 Å². The molecule has 1 aromatic carbocycles. The minimum absolute atomic E-state index is 0. The number of benzene rings is 1. The fourth-order valence-electron chi connectivity index (χ4n) is 2.44. The number of halogens is 1. The van der Waals surface area contributed by atoms with Crippen molar-refractivity contribution < 1.29 is 4.79 Å². The molecular formula is C15H24ClN3O. The Kier molecular flexibility index (Phi) is 7.59. The second-order valence-electron chi connectivity index (χ2n) is 5.22. The second kappa shape index (κ2) is 8.95. The number of nitrogens with one attached hydrogen (secondary N) is 1. The molecular weight excluding hydrogens is 274 g/mol. The number of carbonyl (C=O) groups is 1. The standard InChI is InChI=1S/C15H23N3O.ClH/c16-10-13-6-8-18(9-7-13)12-15(19)17-11-14-4-2-1-3-5-14;/h1-5,13H,6-12,16H2,(H,17,19);1H. The van der Waals surface area contributed by atoms with E-state index in [0.717, 1.165) is 38.0 Å². The van der Waals surface area contributed by atoms with Crippen LogP contribution in [-0.4, -0.2) is 37.0 Å². The number of likely N-dealkylation sites (tertiary alicyclic amines) is 1. The molecule has 112 valence electrons. The van der Waals surface area contributed by atoms with Gasteiger partial charge >= 0.3 is 0 Å². The van der Waals surface area contributed by atoms with Crippen molar-refractivity contribution in [3.05, 3.63) is 35.9 Å². The van der Waals surface area contributed by atoms with Gasteiger partial charge < -0.3 is 11.1 Å². The van der Waals surface area contributed by atoms with Crippen LogP contribution in [0, 0.1) is 5.92 Å². The molecule has 4 nitrogen and oxygen atoms in total. The van der Waals surface area contributed by atoms with Crippen molar-refractivity contribution >= 4 is 18.3 Å². The van der Waals surface area contributed by atoms with Crippen LogP contribution in [0.4, 0.5) is 0 Å². The summed E-state index contributed by atoms with van der Waals surface area (Å²) in [5, 5.41) is 2.97. The number of nitrogens with two attached hydrogens (primary N) is 1. The lowest BCUT2D eigenvalue weighted by Crippen LogP contribution is -2.42. The molecule has 0 spiro atoms. The molecule has 3 N–H and O–H groups in total. The molecule has 1 aliphatic rings. The van der Waals surface area contributed by atoms with Crippen molar-refractivity contribution in [3.63, 3.8) is 0 Å². The Balaban J connectivity index is 0.00000200. The smallest absolute Gasteiger partial charge is 0.234 e. The number of nitrogens with zero attached hydrogens (tertiary/aromatic N) is 1. The Morgan fingerprint density at radius 3 is 2.50 bits per heavy atom. The van der Waals surface area contributed by atoms with Crippen LogP contribution in [0.2, 0.25) is 0 Å². The Bertz CT molecular complexity index is 391. The normalized spacial score (nSPS) is 16.4. The summed E-state index contributed by atoms with van der Waals surface area (Å²) in [6, 6.07) is 9.99. The molecule has 0 aromatic heterocycles. The molecule has 0 radical (unpaired) electrons. The van der Waals surface area contributed by atoms with Crippen LogP contribution in [0.25, 0.3) is 0 Å². The van der Waals surface area contributed by atoms with Gasteiger partial charge in [-0.05, 0) is 44.0 Å². The van der Waals surface area contributed by atoms with Crippen molar-refractivity contribution in [2.45, 2.75) is 19.4 Å². The zero-order valence-electron chi connectivity index (χ0n) is 11.8. The maximum atomic E-state index is 11.9. The van der Waals surface area contributed by atoms with Crippen LogP contribution < -0.4 is 11.1 Å². The highest BCUT2D eigenvalue weighted by atomic mass is 35.5. The van der Waals surface area contributed by atoms with E-state index in [2.05, 4.69) is 10.2 Å². The molecule has 1 amide bonds. The minimum atomic E-state index is 0. The largest absolute Gasteiger partial charge is 0.351 e. The van der Waals surface area contributed by atoms with Crippen LogP contribution in [-0.2, 0) is 11.3 Å². The highest BCUT2D eigenvalue weighted by molar-refractivity contribution is 5.85. The van der Waals surface area contributed by atoms with E-state index in [0.29, 0.717) is 19.0 Å². The molecule has 20 heavy (non-hydrogen) atoms. The molecule has 1 fully saturated rings. The Morgan fingerprint density at radius 2 is 1.90 bits per heavy atom. The zero-order chi connectivity index (χ0) is 13.5. The highest BCUT2D eigenvalue weighted by Gasteiger charge is 2.19. The lowest BCUT2D eigenvalue weighted by molar-refractivity contribution is -0.122. The quantitative estimate of drug-likeness (QED) is 0.864. The SMILES string of the molecule is Cl.NCC1CCN(CC(=O)NCc2ccccc2)CC1. The number of carbonyl (C=O) groups excluding carboxylic acids is 1. The number of hydrogen-bond donors (Lipinski definition) is 2. The van der Waals surface area contributed by atoms with E-state index in [1.807, 2.05) is 30.3 Å². The maximum absolute atomic E-state index is 11.9. The van der Waals surface area contributed by atoms with Crippen LogP contribution in [0.15, 0.2) is 30.3 Å². The van der Waals surface area contributed by atoms with Crippen molar-refractivity contribution in [2.75, 3.05) is 26.2 Å². The third-order valence-corrected chi connectivity index (χ3v) is 3.74.